The van der Waals surface area contributed by atoms with Crippen LogP contribution in [0.5, 0.6) is 0 Å². The SMILES string of the molecule is N#Cc1cc(F)cc(-c2cncc(-c3nc4c(F)ccc(F)c4[nH]3)c2N2CC[C@H](N)C2)c1. The lowest BCUT2D eigenvalue weighted by Crippen LogP contribution is -2.27. The number of anilines is 1. The summed E-state index contributed by atoms with van der Waals surface area (Å²) in [6.45, 7) is 1.17. The summed E-state index contributed by atoms with van der Waals surface area (Å²) in [5.41, 5.74) is 8.30. The van der Waals surface area contributed by atoms with E-state index in [1.807, 2.05) is 11.0 Å². The predicted molar refractivity (Wildman–Crippen MR) is 114 cm³/mol. The summed E-state index contributed by atoms with van der Waals surface area (Å²) in [7, 11) is 0. The number of nitrogens with two attached hydrogens (primary N) is 1. The van der Waals surface area contributed by atoms with Crippen LogP contribution in [0.2, 0.25) is 0 Å². The Kier molecular flexibility index (Phi) is 4.79. The molecule has 3 heterocycles. The summed E-state index contributed by atoms with van der Waals surface area (Å²) in [5.74, 6) is -1.61. The summed E-state index contributed by atoms with van der Waals surface area (Å²) >= 11 is 0. The third-order valence-corrected chi connectivity index (χ3v) is 5.60. The molecule has 9 heteroatoms. The van der Waals surface area contributed by atoms with Crippen molar-refractivity contribution in [3.8, 4) is 28.6 Å². The van der Waals surface area contributed by atoms with E-state index in [2.05, 4.69) is 15.0 Å². The zero-order chi connectivity index (χ0) is 22.4. The Hall–Kier alpha value is -3.90. The highest BCUT2D eigenvalue weighted by molar-refractivity contribution is 5.91. The topological polar surface area (TPSA) is 94.6 Å². The number of fused-ring (bicyclic) bond motifs is 1. The van der Waals surface area contributed by atoms with Gasteiger partial charge in [-0.15, -0.1) is 0 Å². The summed E-state index contributed by atoms with van der Waals surface area (Å²) in [6, 6.07) is 7.99. The smallest absolute Gasteiger partial charge is 0.151 e. The van der Waals surface area contributed by atoms with E-state index in [9.17, 15) is 18.4 Å². The quantitative estimate of drug-likeness (QED) is 0.506. The highest BCUT2D eigenvalue weighted by atomic mass is 19.1. The van der Waals surface area contributed by atoms with Crippen molar-refractivity contribution in [1.29, 1.82) is 5.26 Å². The first kappa shape index (κ1) is 20.0. The van der Waals surface area contributed by atoms with Crippen molar-refractivity contribution in [2.45, 2.75) is 12.5 Å². The number of nitrogens with one attached hydrogen (secondary N) is 1. The molecule has 0 unspecified atom stereocenters. The zero-order valence-corrected chi connectivity index (χ0v) is 16.7. The van der Waals surface area contributed by atoms with Crippen LogP contribution in [0.25, 0.3) is 33.5 Å². The van der Waals surface area contributed by atoms with Crippen molar-refractivity contribution in [3.05, 3.63) is 65.7 Å². The lowest BCUT2D eigenvalue weighted by atomic mass is 9.99. The van der Waals surface area contributed by atoms with E-state index in [1.54, 1.807) is 18.5 Å². The first-order valence-electron chi connectivity index (χ1n) is 9.98. The van der Waals surface area contributed by atoms with Crippen LogP contribution < -0.4 is 10.6 Å². The maximum Gasteiger partial charge on any atom is 0.151 e. The Morgan fingerprint density at radius 3 is 2.59 bits per heavy atom. The van der Waals surface area contributed by atoms with E-state index >= 15 is 0 Å². The van der Waals surface area contributed by atoms with Gasteiger partial charge in [-0.1, -0.05) is 0 Å². The Labute approximate surface area is 181 Å². The molecule has 0 radical (unpaired) electrons. The fraction of sp³-hybridized carbons (Fsp3) is 0.174. The molecule has 5 rings (SSSR count). The lowest BCUT2D eigenvalue weighted by molar-refractivity contribution is 0.615. The fourth-order valence-corrected chi connectivity index (χ4v) is 4.13. The molecule has 160 valence electrons. The number of halogens is 3. The molecule has 0 aliphatic carbocycles. The van der Waals surface area contributed by atoms with Gasteiger partial charge in [0, 0.05) is 37.1 Å². The number of hydrogen-bond donors (Lipinski definition) is 2. The van der Waals surface area contributed by atoms with E-state index in [1.165, 1.54) is 6.07 Å². The number of nitriles is 1. The molecule has 3 N–H and O–H groups in total. The van der Waals surface area contributed by atoms with Crippen molar-refractivity contribution >= 4 is 16.7 Å². The van der Waals surface area contributed by atoms with Crippen LogP contribution in [0.15, 0.2) is 42.7 Å². The monoisotopic (exact) mass is 434 g/mol. The molecule has 1 fully saturated rings. The third kappa shape index (κ3) is 3.35. The molecule has 0 bridgehead atoms. The number of imidazole rings is 1. The van der Waals surface area contributed by atoms with E-state index in [-0.39, 0.29) is 28.5 Å². The second-order valence-electron chi connectivity index (χ2n) is 7.76. The predicted octanol–water partition coefficient (Wildman–Crippen LogP) is 4.12. The molecular formula is C23H17F3N6. The largest absolute Gasteiger partial charge is 0.369 e. The van der Waals surface area contributed by atoms with Gasteiger partial charge in [-0.25, -0.2) is 18.2 Å². The van der Waals surface area contributed by atoms with Gasteiger partial charge in [-0.05, 0) is 42.3 Å². The van der Waals surface area contributed by atoms with Gasteiger partial charge in [-0.2, -0.15) is 5.26 Å². The van der Waals surface area contributed by atoms with E-state index < -0.39 is 17.5 Å². The van der Waals surface area contributed by atoms with Crippen molar-refractivity contribution in [2.24, 2.45) is 5.73 Å². The molecule has 0 amide bonds. The van der Waals surface area contributed by atoms with Gasteiger partial charge in [0.2, 0.25) is 0 Å². The Balaban J connectivity index is 1.77. The van der Waals surface area contributed by atoms with Gasteiger partial charge >= 0.3 is 0 Å². The van der Waals surface area contributed by atoms with Gasteiger partial charge in [0.25, 0.3) is 0 Å². The van der Waals surface area contributed by atoms with Gasteiger partial charge in [-0.3, -0.25) is 4.98 Å². The average Bonchev–Trinajstić information content (AvgIpc) is 3.43. The number of hydrogen-bond acceptors (Lipinski definition) is 5. The highest BCUT2D eigenvalue weighted by Crippen LogP contribution is 2.40. The fourth-order valence-electron chi connectivity index (χ4n) is 4.13. The first-order chi connectivity index (χ1) is 15.4. The van der Waals surface area contributed by atoms with Crippen LogP contribution in [0, 0.1) is 28.8 Å². The van der Waals surface area contributed by atoms with Gasteiger partial charge in [0.05, 0.1) is 22.9 Å². The molecule has 2 aromatic carbocycles. The second-order valence-corrected chi connectivity index (χ2v) is 7.76. The molecule has 1 aliphatic rings. The molecule has 1 atom stereocenters. The third-order valence-electron chi connectivity index (χ3n) is 5.60. The molecule has 2 aromatic heterocycles. The summed E-state index contributed by atoms with van der Waals surface area (Å²) in [6.07, 6.45) is 3.86. The molecule has 0 saturated carbocycles. The molecule has 32 heavy (non-hydrogen) atoms. The normalized spacial score (nSPS) is 16.0. The van der Waals surface area contributed by atoms with Crippen LogP contribution in [-0.2, 0) is 0 Å². The average molecular weight is 434 g/mol. The molecule has 6 nitrogen and oxygen atoms in total. The maximum absolute atomic E-state index is 14.3. The number of nitrogens with zero attached hydrogens (tertiary/aromatic N) is 4. The lowest BCUT2D eigenvalue weighted by Gasteiger charge is -2.24. The first-order valence-corrected chi connectivity index (χ1v) is 9.98. The van der Waals surface area contributed by atoms with Crippen molar-refractivity contribution in [1.82, 2.24) is 15.0 Å². The number of H-pyrrole nitrogens is 1. The summed E-state index contributed by atoms with van der Waals surface area (Å²) in [5, 5.41) is 9.27. The van der Waals surface area contributed by atoms with Crippen LogP contribution in [0.4, 0.5) is 18.9 Å². The minimum Gasteiger partial charge on any atom is -0.369 e. The minimum absolute atomic E-state index is 0.0491. The summed E-state index contributed by atoms with van der Waals surface area (Å²) in [4.78, 5) is 13.4. The van der Waals surface area contributed by atoms with Crippen LogP contribution >= 0.6 is 0 Å². The number of aromatic nitrogens is 3. The van der Waals surface area contributed by atoms with Crippen LogP contribution in [0.1, 0.15) is 12.0 Å². The number of pyridine rings is 1. The summed E-state index contributed by atoms with van der Waals surface area (Å²) < 4.78 is 42.7. The van der Waals surface area contributed by atoms with Crippen molar-refractivity contribution in [3.63, 3.8) is 0 Å². The number of rotatable bonds is 3. The number of aromatic amines is 1. The molecule has 1 aliphatic heterocycles. The number of benzene rings is 2. The van der Waals surface area contributed by atoms with Crippen LogP contribution in [-0.4, -0.2) is 34.1 Å². The van der Waals surface area contributed by atoms with Gasteiger partial charge in [0.15, 0.2) is 5.82 Å². The maximum atomic E-state index is 14.3. The zero-order valence-electron chi connectivity index (χ0n) is 16.7. The van der Waals surface area contributed by atoms with E-state index in [0.717, 1.165) is 24.6 Å². The highest BCUT2D eigenvalue weighted by Gasteiger charge is 2.27. The van der Waals surface area contributed by atoms with Crippen molar-refractivity contribution < 1.29 is 13.2 Å². The second kappa shape index (κ2) is 7.66. The van der Waals surface area contributed by atoms with E-state index in [0.29, 0.717) is 35.5 Å². The Morgan fingerprint density at radius 1 is 1.09 bits per heavy atom. The van der Waals surface area contributed by atoms with Crippen LogP contribution in [0.3, 0.4) is 0 Å². The van der Waals surface area contributed by atoms with Gasteiger partial charge < -0.3 is 15.6 Å². The van der Waals surface area contributed by atoms with Gasteiger partial charge in [0.1, 0.15) is 28.5 Å². The standard InChI is InChI=1S/C23H17F3N6/c24-14-6-12(8-27)5-13(7-14)16-9-29-10-17(22(16)32-4-3-15(28)11-32)23-30-20-18(25)1-2-19(26)21(20)31-23/h1-2,5-7,9-10,15H,3-4,11,28H2,(H,30,31)/t15-/m0/s1. The molecular weight excluding hydrogens is 417 g/mol. The molecule has 0 spiro atoms. The Morgan fingerprint density at radius 2 is 1.88 bits per heavy atom. The molecule has 4 aromatic rings. The van der Waals surface area contributed by atoms with Crippen molar-refractivity contribution in [2.75, 3.05) is 18.0 Å². The Bertz CT molecular complexity index is 1350. The minimum atomic E-state index is -0.651. The molecule has 1 saturated heterocycles. The van der Waals surface area contributed by atoms with E-state index in [4.69, 9.17) is 5.73 Å².